The van der Waals surface area contributed by atoms with Crippen LogP contribution in [0, 0.1) is 10.1 Å². The van der Waals surface area contributed by atoms with Crippen molar-refractivity contribution < 1.29 is 14.8 Å². The summed E-state index contributed by atoms with van der Waals surface area (Å²) in [6.45, 7) is 0. The SMILES string of the molecule is O=C(O)c1cc(-n2ccc([N+](=O)[O-])n2)nc2ccccc12. The molecule has 1 aromatic carbocycles. The Balaban J connectivity index is 2.23. The molecule has 8 nitrogen and oxygen atoms in total. The third kappa shape index (κ3) is 2.18. The van der Waals surface area contributed by atoms with Crippen LogP contribution in [0.5, 0.6) is 0 Å². The maximum atomic E-state index is 11.3. The van der Waals surface area contributed by atoms with E-state index in [2.05, 4.69) is 10.1 Å². The number of aromatic nitrogens is 3. The highest BCUT2D eigenvalue weighted by atomic mass is 16.6. The molecule has 0 aliphatic rings. The number of carboxylic acids is 1. The highest BCUT2D eigenvalue weighted by Crippen LogP contribution is 2.20. The molecular formula is C13H8N4O4. The quantitative estimate of drug-likeness (QED) is 0.581. The third-order valence-corrected chi connectivity index (χ3v) is 2.93. The van der Waals surface area contributed by atoms with Crippen molar-refractivity contribution in [3.63, 3.8) is 0 Å². The average Bonchev–Trinajstić information content (AvgIpc) is 2.96. The van der Waals surface area contributed by atoms with Gasteiger partial charge in [-0.15, -0.1) is 4.68 Å². The van der Waals surface area contributed by atoms with E-state index in [9.17, 15) is 20.0 Å². The molecule has 0 aliphatic carbocycles. The molecule has 21 heavy (non-hydrogen) atoms. The molecule has 3 aromatic rings. The van der Waals surface area contributed by atoms with Crippen LogP contribution in [0.3, 0.4) is 0 Å². The zero-order valence-corrected chi connectivity index (χ0v) is 10.5. The smallest absolute Gasteiger partial charge is 0.390 e. The van der Waals surface area contributed by atoms with Gasteiger partial charge in [0.1, 0.15) is 0 Å². The molecule has 1 N–H and O–H groups in total. The maximum Gasteiger partial charge on any atom is 0.390 e. The predicted octanol–water partition coefficient (Wildman–Crippen LogP) is 2.03. The van der Waals surface area contributed by atoms with E-state index >= 15 is 0 Å². The lowest BCUT2D eigenvalue weighted by molar-refractivity contribution is -0.389. The lowest BCUT2D eigenvalue weighted by atomic mass is 10.1. The fraction of sp³-hybridized carbons (Fsp3) is 0. The molecular weight excluding hydrogens is 276 g/mol. The molecule has 0 spiro atoms. The lowest BCUT2D eigenvalue weighted by Gasteiger charge is -2.04. The molecule has 3 rings (SSSR count). The number of benzene rings is 1. The second-order valence-corrected chi connectivity index (χ2v) is 4.23. The van der Waals surface area contributed by atoms with Crippen molar-refractivity contribution in [2.45, 2.75) is 0 Å². The van der Waals surface area contributed by atoms with Crippen LogP contribution in [0.4, 0.5) is 5.82 Å². The molecule has 8 heteroatoms. The summed E-state index contributed by atoms with van der Waals surface area (Å²) in [5, 5.41) is 24.2. The van der Waals surface area contributed by atoms with Gasteiger partial charge in [0.05, 0.1) is 28.4 Å². The molecule has 0 saturated carbocycles. The van der Waals surface area contributed by atoms with Crippen LogP contribution in [0.2, 0.25) is 0 Å². The van der Waals surface area contributed by atoms with Gasteiger partial charge in [-0.2, -0.15) is 0 Å². The zero-order valence-electron chi connectivity index (χ0n) is 10.5. The molecule has 104 valence electrons. The summed E-state index contributed by atoms with van der Waals surface area (Å²) in [7, 11) is 0. The summed E-state index contributed by atoms with van der Waals surface area (Å²) < 4.78 is 1.18. The first-order chi connectivity index (χ1) is 10.1. The maximum absolute atomic E-state index is 11.3. The number of carboxylic acid groups (broad SMARTS) is 1. The van der Waals surface area contributed by atoms with Gasteiger partial charge in [-0.05, 0) is 11.0 Å². The number of carbonyl (C=O) groups is 1. The van der Waals surface area contributed by atoms with Crippen molar-refractivity contribution in [2.24, 2.45) is 0 Å². The molecule has 2 heterocycles. The fourth-order valence-corrected chi connectivity index (χ4v) is 2.00. The van der Waals surface area contributed by atoms with Crippen molar-refractivity contribution in [3.8, 4) is 5.82 Å². The van der Waals surface area contributed by atoms with Gasteiger partial charge >= 0.3 is 11.8 Å². The van der Waals surface area contributed by atoms with Gasteiger partial charge in [0, 0.05) is 11.5 Å². The molecule has 0 amide bonds. The van der Waals surface area contributed by atoms with Gasteiger partial charge in [0.2, 0.25) is 0 Å². The van der Waals surface area contributed by atoms with Crippen molar-refractivity contribution in [1.82, 2.24) is 14.8 Å². The topological polar surface area (TPSA) is 111 Å². The summed E-state index contributed by atoms with van der Waals surface area (Å²) in [5.74, 6) is -1.22. The molecule has 0 unspecified atom stereocenters. The minimum absolute atomic E-state index is 0.0637. The van der Waals surface area contributed by atoms with E-state index in [1.54, 1.807) is 24.3 Å². The first-order valence-corrected chi connectivity index (χ1v) is 5.90. The number of aromatic carboxylic acids is 1. The molecule has 0 bridgehead atoms. The summed E-state index contributed by atoms with van der Waals surface area (Å²) in [6.07, 6.45) is 1.36. The Kier molecular flexibility index (Phi) is 2.83. The molecule has 0 atom stereocenters. The minimum Gasteiger partial charge on any atom is -0.478 e. The summed E-state index contributed by atoms with van der Waals surface area (Å²) in [5.41, 5.74) is 0.541. The normalized spacial score (nSPS) is 10.7. The van der Waals surface area contributed by atoms with Crippen LogP contribution in [-0.2, 0) is 0 Å². The summed E-state index contributed by atoms with van der Waals surface area (Å²) in [6, 6.07) is 9.33. The van der Waals surface area contributed by atoms with E-state index in [0.717, 1.165) is 0 Å². The van der Waals surface area contributed by atoms with Gasteiger partial charge in [-0.1, -0.05) is 18.2 Å². The van der Waals surface area contributed by atoms with Gasteiger partial charge < -0.3 is 15.2 Å². The number of rotatable bonds is 3. The molecule has 2 aromatic heterocycles. The van der Waals surface area contributed by atoms with E-state index in [-0.39, 0.29) is 17.2 Å². The Morgan fingerprint density at radius 1 is 1.29 bits per heavy atom. The third-order valence-electron chi connectivity index (χ3n) is 2.93. The first-order valence-electron chi connectivity index (χ1n) is 5.90. The standard InChI is InChI=1S/C13H8N4O4/c18-13(19)9-7-12(14-10-4-2-1-3-8(9)10)16-6-5-11(15-16)17(20)21/h1-7H,(H,18,19). The second-order valence-electron chi connectivity index (χ2n) is 4.23. The Labute approximate surface area is 117 Å². The van der Waals surface area contributed by atoms with Gasteiger partial charge in [0.25, 0.3) is 0 Å². The van der Waals surface area contributed by atoms with Crippen LogP contribution in [0.15, 0.2) is 42.6 Å². The zero-order chi connectivity index (χ0) is 15.0. The van der Waals surface area contributed by atoms with Crippen molar-refractivity contribution in [3.05, 3.63) is 58.3 Å². The fourth-order valence-electron chi connectivity index (χ4n) is 2.00. The number of nitrogens with zero attached hydrogens (tertiary/aromatic N) is 4. The first kappa shape index (κ1) is 12.7. The van der Waals surface area contributed by atoms with Crippen LogP contribution in [0.1, 0.15) is 10.4 Å². The Morgan fingerprint density at radius 3 is 2.71 bits per heavy atom. The van der Waals surface area contributed by atoms with E-state index in [4.69, 9.17) is 0 Å². The summed E-state index contributed by atoms with van der Waals surface area (Å²) in [4.78, 5) is 25.6. The number of hydrogen-bond acceptors (Lipinski definition) is 5. The molecule has 0 saturated heterocycles. The van der Waals surface area contributed by atoms with Gasteiger partial charge in [0.15, 0.2) is 5.82 Å². The second kappa shape index (κ2) is 4.67. The Morgan fingerprint density at radius 2 is 2.05 bits per heavy atom. The van der Waals surface area contributed by atoms with Crippen LogP contribution in [0.25, 0.3) is 16.7 Å². The van der Waals surface area contributed by atoms with Crippen LogP contribution >= 0.6 is 0 Å². The lowest BCUT2D eigenvalue weighted by Crippen LogP contribution is -2.05. The van der Waals surface area contributed by atoms with E-state index < -0.39 is 10.9 Å². The van der Waals surface area contributed by atoms with E-state index in [0.29, 0.717) is 10.9 Å². The molecule has 0 aliphatic heterocycles. The number of para-hydroxylation sites is 1. The highest BCUT2D eigenvalue weighted by molar-refractivity contribution is 6.02. The Hall–Kier alpha value is -3.29. The largest absolute Gasteiger partial charge is 0.478 e. The number of nitro groups is 1. The van der Waals surface area contributed by atoms with Crippen molar-refractivity contribution in [1.29, 1.82) is 0 Å². The van der Waals surface area contributed by atoms with E-state index in [1.807, 2.05) is 0 Å². The van der Waals surface area contributed by atoms with Gasteiger partial charge in [-0.3, -0.25) is 0 Å². The van der Waals surface area contributed by atoms with Crippen molar-refractivity contribution in [2.75, 3.05) is 0 Å². The van der Waals surface area contributed by atoms with Gasteiger partial charge in [-0.25, -0.2) is 9.78 Å². The van der Waals surface area contributed by atoms with Crippen molar-refractivity contribution >= 4 is 22.7 Å². The number of hydrogen-bond donors (Lipinski definition) is 1. The van der Waals surface area contributed by atoms with E-state index in [1.165, 1.54) is 23.0 Å². The Bertz CT molecular complexity index is 871. The summed E-state index contributed by atoms with van der Waals surface area (Å²) >= 11 is 0. The van der Waals surface area contributed by atoms with Crippen LogP contribution < -0.4 is 0 Å². The molecule has 0 radical (unpaired) electrons. The highest BCUT2D eigenvalue weighted by Gasteiger charge is 2.17. The monoisotopic (exact) mass is 284 g/mol. The number of fused-ring (bicyclic) bond motifs is 1. The van der Waals surface area contributed by atoms with Crippen LogP contribution in [-0.4, -0.2) is 30.8 Å². The minimum atomic E-state index is -1.10. The average molecular weight is 284 g/mol. The predicted molar refractivity (Wildman–Crippen MR) is 72.5 cm³/mol. The number of pyridine rings is 1. The molecule has 0 fully saturated rings.